The second-order valence-electron chi connectivity index (χ2n) is 7.97. The predicted molar refractivity (Wildman–Crippen MR) is 125 cm³/mol. The van der Waals surface area contributed by atoms with E-state index in [1.54, 1.807) is 23.5 Å². The molecule has 2 aromatic carbocycles. The van der Waals surface area contributed by atoms with Crippen molar-refractivity contribution in [3.05, 3.63) is 66.6 Å². The molecule has 2 atom stereocenters. The quantitative estimate of drug-likeness (QED) is 0.405. The van der Waals surface area contributed by atoms with Crippen LogP contribution in [0.1, 0.15) is 25.5 Å². The lowest BCUT2D eigenvalue weighted by Gasteiger charge is -2.36. The number of carboxylic acid groups (broad SMARTS) is 1. The molecule has 0 bridgehead atoms. The highest BCUT2D eigenvalue weighted by Gasteiger charge is 2.47. The van der Waals surface area contributed by atoms with Gasteiger partial charge in [-0.1, -0.05) is 23.5 Å². The first-order chi connectivity index (χ1) is 16.0. The first-order valence-electron chi connectivity index (χ1n) is 10.6. The second-order valence-corrected chi connectivity index (χ2v) is 9.00. The monoisotopic (exact) mass is 462 g/mol. The van der Waals surface area contributed by atoms with Crippen LogP contribution in [-0.4, -0.2) is 38.7 Å². The lowest BCUT2D eigenvalue weighted by molar-refractivity contribution is -0.150. The minimum atomic E-state index is -1.20. The van der Waals surface area contributed by atoms with Crippen molar-refractivity contribution in [2.24, 2.45) is 0 Å². The highest BCUT2D eigenvalue weighted by molar-refractivity contribution is 7.22. The smallest absolute Gasteiger partial charge is 0.316 e. The van der Waals surface area contributed by atoms with Gasteiger partial charge < -0.3 is 19.9 Å². The zero-order valence-corrected chi connectivity index (χ0v) is 18.7. The summed E-state index contributed by atoms with van der Waals surface area (Å²) in [6.45, 7) is 2.21. The van der Waals surface area contributed by atoms with Gasteiger partial charge in [0.2, 0.25) is 5.88 Å². The van der Waals surface area contributed by atoms with E-state index in [9.17, 15) is 9.90 Å². The lowest BCUT2D eigenvalue weighted by Crippen LogP contribution is -2.45. The maximum atomic E-state index is 12.3. The topological polar surface area (TPSA) is 106 Å². The lowest BCUT2D eigenvalue weighted by atomic mass is 9.75. The molecule has 0 saturated carbocycles. The molecule has 1 aliphatic heterocycles. The number of nitrogens with zero attached hydrogens (tertiary/aromatic N) is 3. The van der Waals surface area contributed by atoms with E-state index in [-0.39, 0.29) is 12.0 Å². The molecule has 9 heteroatoms. The van der Waals surface area contributed by atoms with Gasteiger partial charge in [0.15, 0.2) is 5.13 Å². The number of hydrogen-bond acceptors (Lipinski definition) is 8. The van der Waals surface area contributed by atoms with Crippen LogP contribution in [0.2, 0.25) is 0 Å². The van der Waals surface area contributed by atoms with E-state index in [1.165, 1.54) is 12.4 Å². The zero-order chi connectivity index (χ0) is 22.8. The van der Waals surface area contributed by atoms with E-state index < -0.39 is 11.4 Å². The van der Waals surface area contributed by atoms with Crippen LogP contribution in [-0.2, 0) is 14.9 Å². The fourth-order valence-electron chi connectivity index (χ4n) is 4.09. The number of rotatable bonds is 6. The van der Waals surface area contributed by atoms with Crippen molar-refractivity contribution in [1.29, 1.82) is 0 Å². The van der Waals surface area contributed by atoms with Crippen LogP contribution in [0.3, 0.4) is 0 Å². The molecule has 0 amide bonds. The normalized spacial score (nSPS) is 20.5. The molecule has 33 heavy (non-hydrogen) atoms. The molecular weight excluding hydrogens is 440 g/mol. The van der Waals surface area contributed by atoms with Crippen LogP contribution in [0.25, 0.3) is 10.2 Å². The van der Waals surface area contributed by atoms with E-state index in [4.69, 9.17) is 9.47 Å². The Morgan fingerprint density at radius 3 is 2.73 bits per heavy atom. The van der Waals surface area contributed by atoms with Gasteiger partial charge in [-0.25, -0.2) is 9.97 Å². The fourth-order valence-corrected chi connectivity index (χ4v) is 4.98. The number of para-hydroxylation sites is 1. The molecule has 2 aromatic heterocycles. The van der Waals surface area contributed by atoms with Crippen LogP contribution in [0.4, 0.5) is 10.8 Å². The summed E-state index contributed by atoms with van der Waals surface area (Å²) < 4.78 is 12.7. The van der Waals surface area contributed by atoms with Gasteiger partial charge in [-0.15, -0.1) is 0 Å². The molecule has 1 fully saturated rings. The van der Waals surface area contributed by atoms with Crippen molar-refractivity contribution in [1.82, 2.24) is 15.0 Å². The Balaban J connectivity index is 1.37. The standard InChI is InChI=1S/C24H22N4O4S/c1-15-14-24(22(29)30,10-13-31-15)20-21(26-12-11-25-20)32-17-8-6-16(7-9-17)27-23-28-18-4-2-3-5-19(18)33-23/h2-9,11-12,15H,10,13-14H2,1H3,(H,27,28)(H,29,30). The van der Waals surface area contributed by atoms with E-state index in [2.05, 4.69) is 20.3 Å². The average Bonchev–Trinajstić information content (AvgIpc) is 3.23. The number of carbonyl (C=O) groups is 1. The van der Waals surface area contributed by atoms with E-state index in [0.29, 0.717) is 30.9 Å². The van der Waals surface area contributed by atoms with Crippen molar-refractivity contribution in [3.8, 4) is 11.6 Å². The van der Waals surface area contributed by atoms with Gasteiger partial charge >= 0.3 is 5.97 Å². The molecule has 4 aromatic rings. The summed E-state index contributed by atoms with van der Waals surface area (Å²) in [5.74, 6) is -0.216. The van der Waals surface area contributed by atoms with Crippen molar-refractivity contribution < 1.29 is 19.4 Å². The van der Waals surface area contributed by atoms with Gasteiger partial charge in [0.05, 0.1) is 16.3 Å². The Labute approximate surface area is 194 Å². The van der Waals surface area contributed by atoms with Crippen molar-refractivity contribution >= 4 is 38.3 Å². The summed E-state index contributed by atoms with van der Waals surface area (Å²) in [4.78, 5) is 25.6. The number of fused-ring (bicyclic) bond motifs is 1. The van der Waals surface area contributed by atoms with E-state index >= 15 is 0 Å². The number of aromatic nitrogens is 3. The number of aliphatic carboxylic acids is 1. The van der Waals surface area contributed by atoms with Crippen molar-refractivity contribution in [3.63, 3.8) is 0 Å². The van der Waals surface area contributed by atoms with Gasteiger partial charge in [0.25, 0.3) is 0 Å². The minimum Gasteiger partial charge on any atom is -0.481 e. The number of thiazole rings is 1. The number of anilines is 2. The number of hydrogen-bond donors (Lipinski definition) is 2. The number of nitrogens with one attached hydrogen (secondary N) is 1. The first kappa shape index (κ1) is 21.3. The largest absolute Gasteiger partial charge is 0.481 e. The van der Waals surface area contributed by atoms with Crippen LogP contribution in [0, 0.1) is 0 Å². The van der Waals surface area contributed by atoms with Crippen LogP contribution in [0.15, 0.2) is 60.9 Å². The summed E-state index contributed by atoms with van der Waals surface area (Å²) in [6.07, 6.45) is 3.42. The molecular formula is C24H22N4O4S. The first-order valence-corrected chi connectivity index (χ1v) is 11.4. The third-order valence-corrected chi connectivity index (χ3v) is 6.66. The third-order valence-electron chi connectivity index (χ3n) is 5.71. The van der Waals surface area contributed by atoms with Gasteiger partial charge in [0.1, 0.15) is 16.9 Å². The SMILES string of the molecule is CC1CC(C(=O)O)(c2nccnc2Oc2ccc(Nc3nc4ccccc4s3)cc2)CCO1. The van der Waals surface area contributed by atoms with E-state index in [0.717, 1.165) is 21.0 Å². The Hall–Kier alpha value is -3.56. The number of benzene rings is 2. The van der Waals surface area contributed by atoms with Crippen molar-refractivity contribution in [2.45, 2.75) is 31.3 Å². The van der Waals surface area contributed by atoms with Crippen molar-refractivity contribution in [2.75, 3.05) is 11.9 Å². The molecule has 2 N–H and O–H groups in total. The Bertz CT molecular complexity index is 1260. The van der Waals surface area contributed by atoms with Crippen LogP contribution in [0.5, 0.6) is 11.6 Å². The fraction of sp³-hybridized carbons (Fsp3) is 0.250. The maximum Gasteiger partial charge on any atom is 0.316 e. The molecule has 0 spiro atoms. The summed E-state index contributed by atoms with van der Waals surface area (Å²) >= 11 is 1.58. The van der Waals surface area contributed by atoms with Crippen LogP contribution < -0.4 is 10.1 Å². The predicted octanol–water partition coefficient (Wildman–Crippen LogP) is 5.14. The Morgan fingerprint density at radius 1 is 1.18 bits per heavy atom. The summed E-state index contributed by atoms with van der Waals surface area (Å²) in [7, 11) is 0. The van der Waals surface area contributed by atoms with E-state index in [1.807, 2.05) is 43.3 Å². The molecule has 168 valence electrons. The Morgan fingerprint density at radius 2 is 1.97 bits per heavy atom. The number of carboxylic acids is 1. The highest BCUT2D eigenvalue weighted by Crippen LogP contribution is 2.41. The van der Waals surface area contributed by atoms with Crippen LogP contribution >= 0.6 is 11.3 Å². The summed E-state index contributed by atoms with van der Waals surface area (Å²) in [6, 6.07) is 15.3. The molecule has 3 heterocycles. The molecule has 0 aliphatic carbocycles. The van der Waals surface area contributed by atoms with Gasteiger partial charge in [0, 0.05) is 24.7 Å². The average molecular weight is 463 g/mol. The molecule has 1 saturated heterocycles. The Kier molecular flexibility index (Phi) is 5.65. The zero-order valence-electron chi connectivity index (χ0n) is 17.9. The highest BCUT2D eigenvalue weighted by atomic mass is 32.1. The maximum absolute atomic E-state index is 12.3. The van der Waals surface area contributed by atoms with Gasteiger partial charge in [-0.05, 0) is 56.2 Å². The molecule has 2 unspecified atom stereocenters. The second kappa shape index (κ2) is 8.76. The minimum absolute atomic E-state index is 0.195. The molecule has 5 rings (SSSR count). The van der Waals surface area contributed by atoms with Gasteiger partial charge in [-0.3, -0.25) is 9.78 Å². The third kappa shape index (κ3) is 4.24. The molecule has 8 nitrogen and oxygen atoms in total. The van der Waals surface area contributed by atoms with Gasteiger partial charge in [-0.2, -0.15) is 0 Å². The molecule has 0 radical (unpaired) electrons. The molecule has 1 aliphatic rings. The summed E-state index contributed by atoms with van der Waals surface area (Å²) in [5, 5.41) is 14.2. The number of ether oxygens (including phenoxy) is 2. The summed E-state index contributed by atoms with van der Waals surface area (Å²) in [5.41, 5.74) is 0.940.